The van der Waals surface area contributed by atoms with E-state index in [-0.39, 0.29) is 11.8 Å². The summed E-state index contributed by atoms with van der Waals surface area (Å²) >= 11 is 1.49. The monoisotopic (exact) mass is 332 g/mol. The van der Waals surface area contributed by atoms with Gasteiger partial charge in [0.15, 0.2) is 5.13 Å². The maximum atomic E-state index is 12.5. The Kier molecular flexibility index (Phi) is 4.93. The Labute approximate surface area is 139 Å². The smallest absolute Gasteiger partial charge is 0.231 e. The molecule has 0 radical (unpaired) electrons. The SMILES string of the molecule is COCCN(C(=O)C1CC1)c1nc(-c2ccc(OC)cc2)cs1. The molecular weight excluding hydrogens is 312 g/mol. The molecule has 0 unspecified atom stereocenters. The zero-order valence-electron chi connectivity index (χ0n) is 13.3. The molecule has 1 aromatic heterocycles. The van der Waals surface area contributed by atoms with Crippen LogP contribution < -0.4 is 9.64 Å². The van der Waals surface area contributed by atoms with E-state index in [4.69, 9.17) is 9.47 Å². The third kappa shape index (κ3) is 3.71. The predicted octanol–water partition coefficient (Wildman–Crippen LogP) is 3.21. The lowest BCUT2D eigenvalue weighted by Gasteiger charge is -2.19. The molecule has 0 aliphatic heterocycles. The molecule has 1 fully saturated rings. The molecule has 3 rings (SSSR count). The second-order valence-electron chi connectivity index (χ2n) is 5.50. The molecular formula is C17H20N2O3S. The van der Waals surface area contributed by atoms with Crippen LogP contribution in [0.15, 0.2) is 29.6 Å². The van der Waals surface area contributed by atoms with Gasteiger partial charge in [0.05, 0.1) is 26.0 Å². The van der Waals surface area contributed by atoms with Crippen LogP contribution in [0.25, 0.3) is 11.3 Å². The number of aromatic nitrogens is 1. The van der Waals surface area contributed by atoms with Gasteiger partial charge in [0.25, 0.3) is 0 Å². The van der Waals surface area contributed by atoms with Crippen molar-refractivity contribution in [2.24, 2.45) is 5.92 Å². The van der Waals surface area contributed by atoms with E-state index in [1.54, 1.807) is 19.1 Å². The lowest BCUT2D eigenvalue weighted by atomic mass is 10.2. The summed E-state index contributed by atoms with van der Waals surface area (Å²) in [6.07, 6.45) is 1.97. The number of anilines is 1. The van der Waals surface area contributed by atoms with E-state index in [0.717, 1.165) is 35.0 Å². The Morgan fingerprint density at radius 1 is 1.30 bits per heavy atom. The van der Waals surface area contributed by atoms with Gasteiger partial charge in [-0.3, -0.25) is 9.69 Å². The number of methoxy groups -OCH3 is 2. The molecule has 1 aliphatic rings. The highest BCUT2D eigenvalue weighted by Gasteiger charge is 2.34. The third-order valence-electron chi connectivity index (χ3n) is 3.82. The van der Waals surface area contributed by atoms with Gasteiger partial charge in [0, 0.05) is 24.0 Å². The number of rotatable bonds is 7. The van der Waals surface area contributed by atoms with Crippen molar-refractivity contribution in [3.8, 4) is 17.0 Å². The van der Waals surface area contributed by atoms with Crippen molar-refractivity contribution in [3.63, 3.8) is 0 Å². The number of ether oxygens (including phenoxy) is 2. The quantitative estimate of drug-likeness (QED) is 0.781. The Bertz CT molecular complexity index is 665. The number of benzene rings is 1. The number of carbonyl (C=O) groups excluding carboxylic acids is 1. The fourth-order valence-corrected chi connectivity index (χ4v) is 3.18. The summed E-state index contributed by atoms with van der Waals surface area (Å²) in [5, 5.41) is 2.72. The van der Waals surface area contributed by atoms with Crippen molar-refractivity contribution in [1.29, 1.82) is 0 Å². The maximum Gasteiger partial charge on any atom is 0.231 e. The molecule has 23 heavy (non-hydrogen) atoms. The average Bonchev–Trinajstić information content (AvgIpc) is 3.33. The van der Waals surface area contributed by atoms with E-state index in [9.17, 15) is 4.79 Å². The van der Waals surface area contributed by atoms with Crippen molar-refractivity contribution in [1.82, 2.24) is 4.98 Å². The number of hydrogen-bond acceptors (Lipinski definition) is 5. The number of nitrogens with zero attached hydrogens (tertiary/aromatic N) is 2. The van der Waals surface area contributed by atoms with E-state index in [1.165, 1.54) is 11.3 Å². The van der Waals surface area contributed by atoms with Gasteiger partial charge in [-0.1, -0.05) is 0 Å². The highest BCUT2D eigenvalue weighted by Crippen LogP contribution is 2.35. The molecule has 1 amide bonds. The topological polar surface area (TPSA) is 51.7 Å². The predicted molar refractivity (Wildman–Crippen MR) is 91.1 cm³/mol. The summed E-state index contributed by atoms with van der Waals surface area (Å²) < 4.78 is 10.3. The summed E-state index contributed by atoms with van der Waals surface area (Å²) in [7, 11) is 3.29. The van der Waals surface area contributed by atoms with Gasteiger partial charge in [-0.05, 0) is 37.1 Å². The Hall–Kier alpha value is -1.92. The average molecular weight is 332 g/mol. The minimum absolute atomic E-state index is 0.165. The number of carbonyl (C=O) groups is 1. The van der Waals surface area contributed by atoms with Crippen LogP contribution in [-0.4, -0.2) is 38.3 Å². The van der Waals surface area contributed by atoms with Crippen LogP contribution in [0.2, 0.25) is 0 Å². The first-order valence-corrected chi connectivity index (χ1v) is 8.51. The van der Waals surface area contributed by atoms with E-state index in [0.29, 0.717) is 13.2 Å². The molecule has 1 aliphatic carbocycles. The summed E-state index contributed by atoms with van der Waals surface area (Å²) in [4.78, 5) is 18.9. The second kappa shape index (κ2) is 7.10. The van der Waals surface area contributed by atoms with Crippen LogP contribution in [0.3, 0.4) is 0 Å². The Morgan fingerprint density at radius 3 is 2.65 bits per heavy atom. The lowest BCUT2D eigenvalue weighted by Crippen LogP contribution is -2.35. The fourth-order valence-electron chi connectivity index (χ4n) is 2.32. The zero-order valence-corrected chi connectivity index (χ0v) is 14.1. The van der Waals surface area contributed by atoms with Gasteiger partial charge in [-0.25, -0.2) is 4.98 Å². The second-order valence-corrected chi connectivity index (χ2v) is 6.34. The number of amides is 1. The van der Waals surface area contributed by atoms with Crippen molar-refractivity contribution < 1.29 is 14.3 Å². The molecule has 1 heterocycles. The van der Waals surface area contributed by atoms with Crippen molar-refractivity contribution >= 4 is 22.4 Å². The van der Waals surface area contributed by atoms with Gasteiger partial charge >= 0.3 is 0 Å². The van der Waals surface area contributed by atoms with Crippen LogP contribution in [0, 0.1) is 5.92 Å². The molecule has 0 bridgehead atoms. The van der Waals surface area contributed by atoms with Crippen molar-refractivity contribution in [3.05, 3.63) is 29.6 Å². The van der Waals surface area contributed by atoms with Gasteiger partial charge in [-0.15, -0.1) is 11.3 Å². The van der Waals surface area contributed by atoms with Gasteiger partial charge < -0.3 is 9.47 Å². The first kappa shape index (κ1) is 16.0. The van der Waals surface area contributed by atoms with Crippen LogP contribution in [-0.2, 0) is 9.53 Å². The molecule has 1 saturated carbocycles. The number of thiazole rings is 1. The Morgan fingerprint density at radius 2 is 2.04 bits per heavy atom. The lowest BCUT2D eigenvalue weighted by molar-refractivity contribution is -0.119. The highest BCUT2D eigenvalue weighted by atomic mass is 32.1. The van der Waals surface area contributed by atoms with E-state index >= 15 is 0 Å². The standard InChI is InChI=1S/C17H20N2O3S/c1-21-10-9-19(16(20)13-3-4-13)17-18-15(11-23-17)12-5-7-14(22-2)8-6-12/h5-8,11,13H,3-4,9-10H2,1-2H3. The molecule has 6 heteroatoms. The van der Waals surface area contributed by atoms with Crippen LogP contribution >= 0.6 is 11.3 Å². The van der Waals surface area contributed by atoms with Crippen LogP contribution in [0.4, 0.5) is 5.13 Å². The molecule has 2 aromatic rings. The van der Waals surface area contributed by atoms with Crippen LogP contribution in [0.5, 0.6) is 5.75 Å². The summed E-state index contributed by atoms with van der Waals surface area (Å²) in [6.45, 7) is 1.05. The molecule has 1 aromatic carbocycles. The maximum absolute atomic E-state index is 12.5. The molecule has 5 nitrogen and oxygen atoms in total. The van der Waals surface area contributed by atoms with E-state index < -0.39 is 0 Å². The minimum Gasteiger partial charge on any atom is -0.497 e. The first-order chi connectivity index (χ1) is 11.2. The molecule has 0 N–H and O–H groups in total. The third-order valence-corrected chi connectivity index (χ3v) is 4.68. The minimum atomic E-state index is 0.165. The number of hydrogen-bond donors (Lipinski definition) is 0. The highest BCUT2D eigenvalue weighted by molar-refractivity contribution is 7.14. The summed E-state index contributed by atoms with van der Waals surface area (Å²) in [5.41, 5.74) is 1.89. The summed E-state index contributed by atoms with van der Waals surface area (Å²) in [5.74, 6) is 1.15. The largest absolute Gasteiger partial charge is 0.497 e. The molecule has 0 saturated heterocycles. The van der Waals surface area contributed by atoms with E-state index in [2.05, 4.69) is 4.98 Å². The van der Waals surface area contributed by atoms with Gasteiger partial charge in [0.2, 0.25) is 5.91 Å². The Balaban J connectivity index is 1.80. The summed E-state index contributed by atoms with van der Waals surface area (Å²) in [6, 6.07) is 7.76. The molecule has 0 atom stereocenters. The van der Waals surface area contributed by atoms with Crippen molar-refractivity contribution in [2.45, 2.75) is 12.8 Å². The van der Waals surface area contributed by atoms with Crippen molar-refractivity contribution in [2.75, 3.05) is 32.3 Å². The fraction of sp³-hybridized carbons (Fsp3) is 0.412. The normalized spacial score (nSPS) is 13.8. The van der Waals surface area contributed by atoms with Gasteiger partial charge in [-0.2, -0.15) is 0 Å². The molecule has 122 valence electrons. The zero-order chi connectivity index (χ0) is 16.2. The molecule has 0 spiro atoms. The van der Waals surface area contributed by atoms with E-state index in [1.807, 2.05) is 29.6 Å². The first-order valence-electron chi connectivity index (χ1n) is 7.63. The van der Waals surface area contributed by atoms with Crippen LogP contribution in [0.1, 0.15) is 12.8 Å². The van der Waals surface area contributed by atoms with Gasteiger partial charge in [0.1, 0.15) is 5.75 Å².